The van der Waals surface area contributed by atoms with Gasteiger partial charge >= 0.3 is 0 Å². The van der Waals surface area contributed by atoms with E-state index < -0.39 is 0 Å². The molecule has 2 aromatic carbocycles. The molecule has 1 unspecified atom stereocenters. The summed E-state index contributed by atoms with van der Waals surface area (Å²) in [5.74, 6) is -0.157. The van der Waals surface area contributed by atoms with Crippen LogP contribution in [0.3, 0.4) is 0 Å². The van der Waals surface area contributed by atoms with Gasteiger partial charge in [0, 0.05) is 21.6 Å². The molecule has 0 saturated carbocycles. The van der Waals surface area contributed by atoms with Crippen molar-refractivity contribution in [2.24, 2.45) is 5.73 Å². The highest BCUT2D eigenvalue weighted by Gasteiger charge is 2.13. The van der Waals surface area contributed by atoms with E-state index in [-0.39, 0.29) is 17.6 Å². The van der Waals surface area contributed by atoms with E-state index in [0.29, 0.717) is 12.2 Å². The Hall–Kier alpha value is -1.39. The van der Waals surface area contributed by atoms with Crippen molar-refractivity contribution in [1.29, 1.82) is 0 Å². The van der Waals surface area contributed by atoms with Gasteiger partial charge < -0.3 is 10.5 Å². The molecule has 1 atom stereocenters. The first-order valence-corrected chi connectivity index (χ1v) is 6.79. The smallest absolute Gasteiger partial charge is 0.165 e. The fraction of sp³-hybridized carbons (Fsp3) is 0.200. The Balaban J connectivity index is 2.22. The molecule has 100 valence electrons. The predicted molar refractivity (Wildman–Crippen MR) is 77.5 cm³/mol. The number of halogens is 2. The summed E-state index contributed by atoms with van der Waals surface area (Å²) in [6.07, 6.45) is 0. The van der Waals surface area contributed by atoms with E-state index in [4.69, 9.17) is 10.5 Å². The van der Waals surface area contributed by atoms with E-state index in [2.05, 4.69) is 15.9 Å². The lowest BCUT2D eigenvalue weighted by atomic mass is 10.1. The summed E-state index contributed by atoms with van der Waals surface area (Å²) in [5, 5.41) is 0. The highest BCUT2D eigenvalue weighted by atomic mass is 79.9. The summed E-state index contributed by atoms with van der Waals surface area (Å²) in [4.78, 5) is 0. The Bertz CT molecular complexity index is 572. The van der Waals surface area contributed by atoms with E-state index >= 15 is 0 Å². The van der Waals surface area contributed by atoms with Crippen LogP contribution in [0.5, 0.6) is 5.75 Å². The van der Waals surface area contributed by atoms with Crippen molar-refractivity contribution in [2.45, 2.75) is 19.6 Å². The fourth-order valence-electron chi connectivity index (χ4n) is 1.80. The fourth-order valence-corrected chi connectivity index (χ4v) is 2.20. The quantitative estimate of drug-likeness (QED) is 0.915. The van der Waals surface area contributed by atoms with Gasteiger partial charge in [0.15, 0.2) is 11.6 Å². The SMILES string of the molecule is CC(N)c1cccc(F)c1OCc1ccccc1Br. The minimum atomic E-state index is -0.387. The molecule has 0 radical (unpaired) electrons. The molecule has 0 spiro atoms. The van der Waals surface area contributed by atoms with Crippen molar-refractivity contribution >= 4 is 15.9 Å². The third kappa shape index (κ3) is 3.33. The Morgan fingerprint density at radius 1 is 1.21 bits per heavy atom. The van der Waals surface area contributed by atoms with Crippen LogP contribution in [0.4, 0.5) is 4.39 Å². The summed E-state index contributed by atoms with van der Waals surface area (Å²) in [7, 11) is 0. The van der Waals surface area contributed by atoms with Gasteiger partial charge in [0.1, 0.15) is 6.61 Å². The van der Waals surface area contributed by atoms with Crippen molar-refractivity contribution in [1.82, 2.24) is 0 Å². The molecule has 19 heavy (non-hydrogen) atoms. The molecule has 2 rings (SSSR count). The summed E-state index contributed by atoms with van der Waals surface area (Å²) >= 11 is 3.44. The molecule has 0 aliphatic heterocycles. The van der Waals surface area contributed by atoms with Crippen molar-refractivity contribution in [3.05, 3.63) is 63.9 Å². The molecule has 2 aromatic rings. The molecule has 0 aliphatic rings. The molecule has 0 amide bonds. The van der Waals surface area contributed by atoms with Crippen molar-refractivity contribution in [3.63, 3.8) is 0 Å². The highest BCUT2D eigenvalue weighted by Crippen LogP contribution is 2.28. The van der Waals surface area contributed by atoms with Gasteiger partial charge in [-0.3, -0.25) is 0 Å². The van der Waals surface area contributed by atoms with Crippen LogP contribution in [0.15, 0.2) is 46.9 Å². The Labute approximate surface area is 120 Å². The van der Waals surface area contributed by atoms with E-state index in [1.54, 1.807) is 19.1 Å². The zero-order valence-electron chi connectivity index (χ0n) is 10.6. The van der Waals surface area contributed by atoms with Crippen molar-refractivity contribution in [3.8, 4) is 5.75 Å². The van der Waals surface area contributed by atoms with Crippen LogP contribution in [0, 0.1) is 5.82 Å². The molecule has 0 fully saturated rings. The molecule has 0 aromatic heterocycles. The topological polar surface area (TPSA) is 35.2 Å². The van der Waals surface area contributed by atoms with Gasteiger partial charge in [-0.05, 0) is 19.1 Å². The van der Waals surface area contributed by atoms with Crippen LogP contribution in [-0.4, -0.2) is 0 Å². The molecule has 0 bridgehead atoms. The monoisotopic (exact) mass is 323 g/mol. The summed E-state index contributed by atoms with van der Waals surface area (Å²) in [6, 6.07) is 12.2. The number of ether oxygens (including phenoxy) is 1. The van der Waals surface area contributed by atoms with Gasteiger partial charge in [-0.15, -0.1) is 0 Å². The molecular weight excluding hydrogens is 309 g/mol. The number of nitrogens with two attached hydrogens (primary N) is 1. The average molecular weight is 324 g/mol. The lowest BCUT2D eigenvalue weighted by Crippen LogP contribution is -2.09. The molecule has 0 saturated heterocycles. The van der Waals surface area contributed by atoms with Gasteiger partial charge in [0.25, 0.3) is 0 Å². The number of hydrogen-bond acceptors (Lipinski definition) is 2. The molecule has 2 nitrogen and oxygen atoms in total. The van der Waals surface area contributed by atoms with Crippen molar-refractivity contribution in [2.75, 3.05) is 0 Å². The highest BCUT2D eigenvalue weighted by molar-refractivity contribution is 9.10. The molecule has 2 N–H and O–H groups in total. The normalized spacial score (nSPS) is 12.2. The van der Waals surface area contributed by atoms with Gasteiger partial charge in [-0.2, -0.15) is 0 Å². The Morgan fingerprint density at radius 2 is 1.95 bits per heavy atom. The maximum Gasteiger partial charge on any atom is 0.165 e. The minimum absolute atomic E-state index is 0.230. The second kappa shape index (κ2) is 6.17. The molecule has 0 heterocycles. The second-order valence-electron chi connectivity index (χ2n) is 4.33. The number of benzene rings is 2. The van der Waals surface area contributed by atoms with E-state index in [1.165, 1.54) is 6.07 Å². The Morgan fingerprint density at radius 3 is 2.63 bits per heavy atom. The first-order valence-electron chi connectivity index (χ1n) is 6.00. The second-order valence-corrected chi connectivity index (χ2v) is 5.18. The van der Waals surface area contributed by atoms with Gasteiger partial charge in [-0.25, -0.2) is 4.39 Å². The zero-order chi connectivity index (χ0) is 13.8. The predicted octanol–water partition coefficient (Wildman–Crippen LogP) is 4.19. The summed E-state index contributed by atoms with van der Waals surface area (Å²) < 4.78 is 20.4. The average Bonchev–Trinajstić information content (AvgIpc) is 2.38. The largest absolute Gasteiger partial charge is 0.485 e. The van der Waals surface area contributed by atoms with Crippen LogP contribution >= 0.6 is 15.9 Å². The van der Waals surface area contributed by atoms with E-state index in [1.807, 2.05) is 24.3 Å². The van der Waals surface area contributed by atoms with Crippen LogP contribution in [-0.2, 0) is 6.61 Å². The van der Waals surface area contributed by atoms with Crippen LogP contribution in [0.2, 0.25) is 0 Å². The van der Waals surface area contributed by atoms with Gasteiger partial charge in [0.05, 0.1) is 0 Å². The third-order valence-corrected chi connectivity index (χ3v) is 3.59. The van der Waals surface area contributed by atoms with Crippen LogP contribution < -0.4 is 10.5 Å². The first-order chi connectivity index (χ1) is 9.09. The number of para-hydroxylation sites is 1. The zero-order valence-corrected chi connectivity index (χ0v) is 12.2. The number of hydrogen-bond donors (Lipinski definition) is 1. The maximum atomic E-state index is 13.8. The van der Waals surface area contributed by atoms with E-state index in [9.17, 15) is 4.39 Å². The molecule has 4 heteroatoms. The third-order valence-electron chi connectivity index (χ3n) is 2.82. The first kappa shape index (κ1) is 14.0. The number of rotatable bonds is 4. The molecular formula is C15H15BrFNO. The summed E-state index contributed by atoms with van der Waals surface area (Å²) in [5.41, 5.74) is 7.46. The van der Waals surface area contributed by atoms with Crippen LogP contribution in [0.25, 0.3) is 0 Å². The van der Waals surface area contributed by atoms with Gasteiger partial charge in [-0.1, -0.05) is 46.3 Å². The standard InChI is InChI=1S/C15H15BrFNO/c1-10(18)12-6-4-8-14(17)15(12)19-9-11-5-2-3-7-13(11)16/h2-8,10H,9,18H2,1H3. The van der Waals surface area contributed by atoms with Crippen molar-refractivity contribution < 1.29 is 9.13 Å². The lowest BCUT2D eigenvalue weighted by Gasteiger charge is -2.15. The van der Waals surface area contributed by atoms with Crippen LogP contribution in [0.1, 0.15) is 24.1 Å². The van der Waals surface area contributed by atoms with Gasteiger partial charge in [0.2, 0.25) is 0 Å². The summed E-state index contributed by atoms with van der Waals surface area (Å²) in [6.45, 7) is 2.10. The minimum Gasteiger partial charge on any atom is -0.485 e. The lowest BCUT2D eigenvalue weighted by molar-refractivity contribution is 0.285. The molecule has 0 aliphatic carbocycles. The van der Waals surface area contributed by atoms with E-state index in [0.717, 1.165) is 10.0 Å². The Kier molecular flexibility index (Phi) is 4.56. The maximum absolute atomic E-state index is 13.8.